The van der Waals surface area contributed by atoms with Crippen molar-refractivity contribution in [1.82, 2.24) is 4.72 Å². The molecule has 0 radical (unpaired) electrons. The van der Waals surface area contributed by atoms with Crippen LogP contribution in [-0.2, 0) is 19.6 Å². The second kappa shape index (κ2) is 7.59. The third-order valence-electron chi connectivity index (χ3n) is 1.60. The van der Waals surface area contributed by atoms with Gasteiger partial charge in [0.1, 0.15) is 0 Å². The normalized spacial score (nSPS) is 11.9. The first kappa shape index (κ1) is 15.3. The molecule has 96 valence electrons. The average Bonchev–Trinajstić information content (AvgIpc) is 2.14. The lowest BCUT2D eigenvalue weighted by atomic mass is 10.2. The van der Waals surface area contributed by atoms with E-state index in [-0.39, 0.29) is 13.0 Å². The van der Waals surface area contributed by atoms with Gasteiger partial charge in [0.25, 0.3) is 0 Å². The van der Waals surface area contributed by atoms with Crippen molar-refractivity contribution in [1.29, 1.82) is 0 Å². The highest BCUT2D eigenvalue weighted by molar-refractivity contribution is 7.89. The molecule has 0 aliphatic heterocycles. The zero-order valence-corrected chi connectivity index (χ0v) is 10.4. The molecular formula is C9H19NO5S. The van der Waals surface area contributed by atoms with E-state index >= 15 is 0 Å². The van der Waals surface area contributed by atoms with Gasteiger partial charge in [-0.15, -0.1) is 0 Å². The van der Waals surface area contributed by atoms with Crippen LogP contribution in [0.25, 0.3) is 0 Å². The number of hydrogen-bond donors (Lipinski definition) is 2. The molecule has 0 saturated heterocycles. The van der Waals surface area contributed by atoms with Gasteiger partial charge in [0.15, 0.2) is 0 Å². The third-order valence-corrected chi connectivity index (χ3v) is 2.99. The molecule has 0 aliphatic carbocycles. The molecule has 0 rings (SSSR count). The van der Waals surface area contributed by atoms with E-state index in [1.54, 1.807) is 0 Å². The fraction of sp³-hybridized carbons (Fsp3) is 0.889. The van der Waals surface area contributed by atoms with E-state index in [0.29, 0.717) is 19.1 Å². The van der Waals surface area contributed by atoms with Crippen molar-refractivity contribution in [3.63, 3.8) is 0 Å². The molecule has 0 spiro atoms. The van der Waals surface area contributed by atoms with Crippen LogP contribution in [0.1, 0.15) is 20.3 Å². The Kier molecular flexibility index (Phi) is 7.27. The second-order valence-electron chi connectivity index (χ2n) is 3.83. The van der Waals surface area contributed by atoms with Crippen LogP contribution < -0.4 is 4.72 Å². The molecule has 2 N–H and O–H groups in total. The Labute approximate surface area is 96.0 Å². The number of carbonyl (C=O) groups is 1. The van der Waals surface area contributed by atoms with Crippen LogP contribution in [-0.4, -0.2) is 45.0 Å². The summed E-state index contributed by atoms with van der Waals surface area (Å²) in [6, 6.07) is 0. The molecule has 0 saturated carbocycles. The van der Waals surface area contributed by atoms with Crippen molar-refractivity contribution in [2.45, 2.75) is 20.3 Å². The highest BCUT2D eigenvalue weighted by Gasteiger charge is 2.11. The third kappa shape index (κ3) is 9.88. The molecule has 16 heavy (non-hydrogen) atoms. The van der Waals surface area contributed by atoms with Gasteiger partial charge in [-0.1, -0.05) is 13.8 Å². The van der Waals surface area contributed by atoms with Crippen LogP contribution in [0.2, 0.25) is 0 Å². The van der Waals surface area contributed by atoms with Crippen molar-refractivity contribution in [3.05, 3.63) is 0 Å². The molecule has 0 aliphatic rings. The molecular weight excluding hydrogens is 234 g/mol. The van der Waals surface area contributed by atoms with Crippen molar-refractivity contribution in [3.8, 4) is 0 Å². The van der Waals surface area contributed by atoms with Crippen molar-refractivity contribution in [2.75, 3.05) is 25.5 Å². The molecule has 7 heteroatoms. The van der Waals surface area contributed by atoms with Crippen LogP contribution in [0.4, 0.5) is 0 Å². The van der Waals surface area contributed by atoms with E-state index in [2.05, 4.69) is 4.72 Å². The van der Waals surface area contributed by atoms with Gasteiger partial charge in [0.2, 0.25) is 10.0 Å². The van der Waals surface area contributed by atoms with Gasteiger partial charge >= 0.3 is 5.97 Å². The summed E-state index contributed by atoms with van der Waals surface area (Å²) in [5.41, 5.74) is 0. The van der Waals surface area contributed by atoms with E-state index in [9.17, 15) is 13.2 Å². The Hall–Kier alpha value is -0.660. The number of nitrogens with one attached hydrogen (secondary N) is 1. The van der Waals surface area contributed by atoms with Gasteiger partial charge in [-0.2, -0.15) is 0 Å². The summed E-state index contributed by atoms with van der Waals surface area (Å²) in [7, 11) is -3.49. The van der Waals surface area contributed by atoms with E-state index in [0.717, 1.165) is 0 Å². The van der Waals surface area contributed by atoms with Crippen LogP contribution in [0.5, 0.6) is 0 Å². The number of sulfonamides is 1. The van der Waals surface area contributed by atoms with Crippen LogP contribution in [0.3, 0.4) is 0 Å². The summed E-state index contributed by atoms with van der Waals surface area (Å²) in [6.45, 7) is 5.05. The molecule has 0 unspecified atom stereocenters. The number of hydrogen-bond acceptors (Lipinski definition) is 4. The minimum absolute atomic E-state index is 0.175. The molecule has 0 amide bonds. The summed E-state index contributed by atoms with van der Waals surface area (Å²) in [5.74, 6) is -1.11. The quantitative estimate of drug-likeness (QED) is 0.566. The number of rotatable bonds is 9. The summed E-state index contributed by atoms with van der Waals surface area (Å²) in [5, 5.41) is 8.33. The largest absolute Gasteiger partial charge is 0.481 e. The Morgan fingerprint density at radius 3 is 2.56 bits per heavy atom. The van der Waals surface area contributed by atoms with E-state index < -0.39 is 21.7 Å². The minimum atomic E-state index is -3.49. The number of carboxylic acids is 1. The van der Waals surface area contributed by atoms with Gasteiger partial charge in [-0.05, 0) is 5.92 Å². The molecule has 6 nitrogen and oxygen atoms in total. The molecule has 0 heterocycles. The van der Waals surface area contributed by atoms with Crippen molar-refractivity contribution in [2.24, 2.45) is 5.92 Å². The average molecular weight is 253 g/mol. The van der Waals surface area contributed by atoms with Gasteiger partial charge < -0.3 is 9.84 Å². The highest BCUT2D eigenvalue weighted by atomic mass is 32.2. The highest BCUT2D eigenvalue weighted by Crippen LogP contribution is 1.92. The number of carboxylic acid groups (broad SMARTS) is 1. The molecule has 0 aromatic carbocycles. The maximum atomic E-state index is 11.2. The molecule has 0 aromatic heterocycles. The van der Waals surface area contributed by atoms with Crippen LogP contribution in [0.15, 0.2) is 0 Å². The molecule has 0 fully saturated rings. The maximum Gasteiger partial charge on any atom is 0.304 e. The predicted octanol–water partition coefficient (Wildman–Crippen LogP) is 0.0531. The Balaban J connectivity index is 3.62. The van der Waals surface area contributed by atoms with Crippen LogP contribution >= 0.6 is 0 Å². The maximum absolute atomic E-state index is 11.2. The van der Waals surface area contributed by atoms with Gasteiger partial charge in [-0.3, -0.25) is 4.79 Å². The zero-order chi connectivity index (χ0) is 12.6. The summed E-state index contributed by atoms with van der Waals surface area (Å²) < 4.78 is 29.8. The SMILES string of the molecule is CC(C)COCCNS(=O)(=O)CCC(=O)O. The lowest BCUT2D eigenvalue weighted by Gasteiger charge is -2.08. The lowest BCUT2D eigenvalue weighted by Crippen LogP contribution is -2.30. The fourth-order valence-corrected chi connectivity index (χ4v) is 1.86. The van der Waals surface area contributed by atoms with Crippen molar-refractivity contribution < 1.29 is 23.1 Å². The molecule has 0 aromatic rings. The van der Waals surface area contributed by atoms with Gasteiger partial charge in [-0.25, -0.2) is 13.1 Å². The Bertz CT molecular complexity index is 299. The van der Waals surface area contributed by atoms with Crippen LogP contribution in [0, 0.1) is 5.92 Å². The number of aliphatic carboxylic acids is 1. The Morgan fingerprint density at radius 1 is 1.44 bits per heavy atom. The molecule has 0 bridgehead atoms. The predicted molar refractivity (Wildman–Crippen MR) is 59.7 cm³/mol. The zero-order valence-electron chi connectivity index (χ0n) is 9.60. The smallest absolute Gasteiger partial charge is 0.304 e. The summed E-state index contributed by atoms with van der Waals surface area (Å²) in [6.07, 6.45) is -0.387. The van der Waals surface area contributed by atoms with Gasteiger partial charge in [0.05, 0.1) is 18.8 Å². The first-order chi connectivity index (χ1) is 7.33. The van der Waals surface area contributed by atoms with E-state index in [1.165, 1.54) is 0 Å². The summed E-state index contributed by atoms with van der Waals surface area (Å²) in [4.78, 5) is 10.2. The van der Waals surface area contributed by atoms with E-state index in [4.69, 9.17) is 9.84 Å². The minimum Gasteiger partial charge on any atom is -0.481 e. The number of ether oxygens (including phenoxy) is 1. The van der Waals surface area contributed by atoms with E-state index in [1.807, 2.05) is 13.8 Å². The monoisotopic (exact) mass is 253 g/mol. The topological polar surface area (TPSA) is 92.7 Å². The first-order valence-electron chi connectivity index (χ1n) is 5.10. The second-order valence-corrected chi connectivity index (χ2v) is 5.75. The Morgan fingerprint density at radius 2 is 2.06 bits per heavy atom. The first-order valence-corrected chi connectivity index (χ1v) is 6.75. The lowest BCUT2D eigenvalue weighted by molar-refractivity contribution is -0.136. The van der Waals surface area contributed by atoms with Gasteiger partial charge in [0, 0.05) is 13.2 Å². The van der Waals surface area contributed by atoms with Crippen molar-refractivity contribution >= 4 is 16.0 Å². The summed E-state index contributed by atoms with van der Waals surface area (Å²) >= 11 is 0. The standard InChI is InChI=1S/C9H19NO5S/c1-8(2)7-15-5-4-10-16(13,14)6-3-9(11)12/h8,10H,3-7H2,1-2H3,(H,11,12). The fourth-order valence-electron chi connectivity index (χ4n) is 0.882. The molecule has 0 atom stereocenters.